The molecule has 0 aliphatic rings. The highest BCUT2D eigenvalue weighted by Crippen LogP contribution is 2.31. The molecular formula is C8H2Cl2O2S3-2. The number of thiophene rings is 2. The molecule has 0 radical (unpaired) electrons. The minimum absolute atomic E-state index is 0.0585. The van der Waals surface area contributed by atoms with Crippen molar-refractivity contribution in [1.29, 1.82) is 0 Å². The molecule has 2 aromatic heterocycles. The molecule has 2 aromatic rings. The maximum absolute atomic E-state index is 11.9. The molecule has 0 saturated heterocycles. The molecule has 7 heteroatoms. The normalized spacial score (nSPS) is 11.9. The molecule has 0 atom stereocenters. The van der Waals surface area contributed by atoms with Crippen LogP contribution in [0.4, 0.5) is 0 Å². The summed E-state index contributed by atoms with van der Waals surface area (Å²) in [5.74, 6) is 0. The van der Waals surface area contributed by atoms with Crippen molar-refractivity contribution in [3.8, 4) is 0 Å². The highest BCUT2D eigenvalue weighted by Gasteiger charge is 2.10. The Bertz CT molecular complexity index is 536. The average Bonchev–Trinajstić information content (AvgIpc) is 2.74. The fraction of sp³-hybridized carbons (Fsp3) is 0. The Morgan fingerprint density at radius 2 is 1.40 bits per heavy atom. The summed E-state index contributed by atoms with van der Waals surface area (Å²) in [4.78, 5) is 0.117. The Balaban J connectivity index is 2.53. The van der Waals surface area contributed by atoms with Gasteiger partial charge in [0.25, 0.3) is 0 Å². The molecule has 2 nitrogen and oxygen atoms in total. The van der Waals surface area contributed by atoms with Gasteiger partial charge in [0, 0.05) is 0 Å². The number of halogens is 2. The van der Waals surface area contributed by atoms with Crippen LogP contribution in [0, 0.1) is 10.8 Å². The first-order valence-corrected chi connectivity index (χ1v) is 7.46. The molecule has 0 bridgehead atoms. The lowest BCUT2D eigenvalue weighted by molar-refractivity contribution is 0.596. The lowest BCUT2D eigenvalue weighted by atomic mass is 10.7. The van der Waals surface area contributed by atoms with E-state index in [-0.39, 0.29) is 9.79 Å². The third-order valence-electron chi connectivity index (χ3n) is 1.57. The second kappa shape index (κ2) is 4.07. The first kappa shape index (κ1) is 11.4. The fourth-order valence-electron chi connectivity index (χ4n) is 0.905. The summed E-state index contributed by atoms with van der Waals surface area (Å²) >= 11 is 13.4. The van der Waals surface area contributed by atoms with Gasteiger partial charge in [-0.2, -0.15) is 35.3 Å². The van der Waals surface area contributed by atoms with Crippen LogP contribution in [0.3, 0.4) is 0 Å². The summed E-state index contributed by atoms with van der Waals surface area (Å²) in [7, 11) is -3.56. The zero-order valence-electron chi connectivity index (χ0n) is 6.95. The number of hydrogen-bond donors (Lipinski definition) is 0. The predicted molar refractivity (Wildman–Crippen MR) is 61.8 cm³/mol. The standard InChI is InChI=1S/C8H2Cl2O2S3/c9-7-1-5(3-13-7)15(11,12)6-2-8(10)14-4-6/h1-2H/q-2. The van der Waals surface area contributed by atoms with E-state index in [2.05, 4.69) is 10.8 Å². The summed E-state index contributed by atoms with van der Waals surface area (Å²) in [6.45, 7) is 0. The van der Waals surface area contributed by atoms with E-state index in [1.165, 1.54) is 12.1 Å². The summed E-state index contributed by atoms with van der Waals surface area (Å²) in [5.41, 5.74) is 0. The lowest BCUT2D eigenvalue weighted by Crippen LogP contribution is -1.98. The molecule has 2 heterocycles. The monoisotopic (exact) mass is 296 g/mol. The Morgan fingerprint density at radius 3 is 1.67 bits per heavy atom. The van der Waals surface area contributed by atoms with Crippen LogP contribution >= 0.6 is 45.9 Å². The van der Waals surface area contributed by atoms with Crippen LogP contribution in [-0.4, -0.2) is 8.42 Å². The predicted octanol–water partition coefficient (Wildman–Crippen LogP) is 3.55. The van der Waals surface area contributed by atoms with Crippen molar-refractivity contribution in [2.45, 2.75) is 9.79 Å². The zero-order chi connectivity index (χ0) is 11.1. The van der Waals surface area contributed by atoms with Crippen LogP contribution in [0.25, 0.3) is 0 Å². The number of rotatable bonds is 2. The highest BCUT2D eigenvalue weighted by atomic mass is 35.5. The van der Waals surface area contributed by atoms with E-state index in [1.807, 2.05) is 0 Å². The molecule has 0 unspecified atom stereocenters. The Hall–Kier alpha value is -0.0700. The van der Waals surface area contributed by atoms with Crippen LogP contribution in [0.1, 0.15) is 0 Å². The topological polar surface area (TPSA) is 34.1 Å². The second-order valence-corrected chi connectivity index (χ2v) is 7.38. The van der Waals surface area contributed by atoms with Crippen molar-refractivity contribution < 1.29 is 8.42 Å². The molecule has 0 aliphatic heterocycles. The van der Waals surface area contributed by atoms with Crippen LogP contribution < -0.4 is 0 Å². The quantitative estimate of drug-likeness (QED) is 0.794. The first-order valence-electron chi connectivity index (χ1n) is 3.59. The molecule has 80 valence electrons. The van der Waals surface area contributed by atoms with E-state index in [4.69, 9.17) is 23.2 Å². The molecule has 15 heavy (non-hydrogen) atoms. The molecule has 0 fully saturated rings. The zero-order valence-corrected chi connectivity index (χ0v) is 10.9. The van der Waals surface area contributed by atoms with Crippen molar-refractivity contribution in [1.82, 2.24) is 0 Å². The van der Waals surface area contributed by atoms with Gasteiger partial charge >= 0.3 is 0 Å². The molecule has 0 saturated carbocycles. The van der Waals surface area contributed by atoms with Crippen molar-refractivity contribution in [3.63, 3.8) is 0 Å². The Labute approximate surface area is 105 Å². The smallest absolute Gasteiger partial charge is 0.160 e. The minimum Gasteiger partial charge on any atom is -0.283 e. The molecule has 0 N–H and O–H groups in total. The molecule has 2 rings (SSSR count). The average molecular weight is 297 g/mol. The Kier molecular flexibility index (Phi) is 3.10. The van der Waals surface area contributed by atoms with E-state index in [1.54, 1.807) is 0 Å². The number of hydrogen-bond acceptors (Lipinski definition) is 4. The van der Waals surface area contributed by atoms with Crippen molar-refractivity contribution in [3.05, 3.63) is 31.6 Å². The second-order valence-electron chi connectivity index (χ2n) is 2.54. The minimum atomic E-state index is -3.56. The summed E-state index contributed by atoms with van der Waals surface area (Å²) in [6.07, 6.45) is 0. The maximum atomic E-state index is 11.9. The SMILES string of the molecule is O=S(=O)(c1[c-]sc(Cl)c1)c1[c-]sc(Cl)c1. The summed E-state index contributed by atoms with van der Waals surface area (Å²) < 4.78 is 24.6. The molecule has 0 aliphatic carbocycles. The fourth-order valence-corrected chi connectivity index (χ4v) is 4.41. The third-order valence-corrected chi connectivity index (χ3v) is 5.37. The maximum Gasteiger partial charge on any atom is 0.160 e. The summed E-state index contributed by atoms with van der Waals surface area (Å²) in [5, 5.41) is 5.23. The largest absolute Gasteiger partial charge is 0.283 e. The van der Waals surface area contributed by atoms with Crippen LogP contribution in [0.2, 0.25) is 8.67 Å². The third kappa shape index (κ3) is 2.21. The van der Waals surface area contributed by atoms with Crippen molar-refractivity contribution >= 4 is 55.7 Å². The molecule has 0 amide bonds. The van der Waals surface area contributed by atoms with E-state index in [0.717, 1.165) is 22.7 Å². The van der Waals surface area contributed by atoms with Gasteiger partial charge in [-0.1, -0.05) is 8.67 Å². The van der Waals surface area contributed by atoms with Gasteiger partial charge in [-0.3, -0.25) is 22.7 Å². The van der Waals surface area contributed by atoms with E-state index >= 15 is 0 Å². The molecule has 0 spiro atoms. The van der Waals surface area contributed by atoms with Gasteiger partial charge in [-0.25, -0.2) is 8.42 Å². The van der Waals surface area contributed by atoms with Crippen LogP contribution in [0.5, 0.6) is 0 Å². The van der Waals surface area contributed by atoms with Gasteiger partial charge in [0.1, 0.15) is 0 Å². The molecule has 0 aromatic carbocycles. The van der Waals surface area contributed by atoms with Gasteiger partial charge < -0.3 is 0 Å². The lowest BCUT2D eigenvalue weighted by Gasteiger charge is -2.05. The highest BCUT2D eigenvalue weighted by molar-refractivity contribution is 7.91. The van der Waals surface area contributed by atoms with Gasteiger partial charge in [-0.05, 0) is 9.79 Å². The van der Waals surface area contributed by atoms with Gasteiger partial charge in [-0.15, -0.1) is 10.8 Å². The van der Waals surface area contributed by atoms with Crippen LogP contribution in [-0.2, 0) is 9.84 Å². The van der Waals surface area contributed by atoms with Gasteiger partial charge in [0.15, 0.2) is 9.84 Å². The van der Waals surface area contributed by atoms with Crippen molar-refractivity contribution in [2.75, 3.05) is 0 Å². The van der Waals surface area contributed by atoms with Crippen molar-refractivity contribution in [2.24, 2.45) is 0 Å². The summed E-state index contributed by atoms with van der Waals surface area (Å²) in [6, 6.07) is 2.72. The van der Waals surface area contributed by atoms with E-state index in [9.17, 15) is 8.42 Å². The van der Waals surface area contributed by atoms with E-state index < -0.39 is 9.84 Å². The van der Waals surface area contributed by atoms with Crippen LogP contribution in [0.15, 0.2) is 21.9 Å². The van der Waals surface area contributed by atoms with Gasteiger partial charge in [0.05, 0.1) is 0 Å². The number of sulfone groups is 1. The Morgan fingerprint density at radius 1 is 1.00 bits per heavy atom. The van der Waals surface area contributed by atoms with E-state index in [0.29, 0.717) is 8.67 Å². The van der Waals surface area contributed by atoms with Gasteiger partial charge in [0.2, 0.25) is 0 Å². The molecular weight excluding hydrogens is 295 g/mol. The first-order chi connectivity index (χ1) is 7.00.